The molecule has 0 aliphatic carbocycles. The highest BCUT2D eigenvalue weighted by atomic mass is 32.1. The van der Waals surface area contributed by atoms with Crippen LogP contribution >= 0.6 is 11.3 Å². The van der Waals surface area contributed by atoms with Crippen molar-refractivity contribution >= 4 is 22.4 Å². The highest BCUT2D eigenvalue weighted by molar-refractivity contribution is 7.17. The molecule has 0 bridgehead atoms. The topological polar surface area (TPSA) is 71.2 Å². The number of rotatable bonds is 4. The Morgan fingerprint density at radius 3 is 2.74 bits per heavy atom. The molecule has 0 radical (unpaired) electrons. The second kappa shape index (κ2) is 6.34. The molecule has 1 fully saturated rings. The summed E-state index contributed by atoms with van der Waals surface area (Å²) in [6, 6.07) is 0.384. The second-order valence-corrected chi connectivity index (χ2v) is 6.15. The Bertz CT molecular complexity index is 440. The number of hydrogen-bond donors (Lipinski definition) is 2. The van der Waals surface area contributed by atoms with Crippen LogP contribution in [0.25, 0.3) is 0 Å². The van der Waals surface area contributed by atoms with E-state index in [9.17, 15) is 4.79 Å². The van der Waals surface area contributed by atoms with Crippen LogP contribution in [0.5, 0.6) is 0 Å². The Hall–Kier alpha value is -1.14. The van der Waals surface area contributed by atoms with Gasteiger partial charge in [0, 0.05) is 12.6 Å². The van der Waals surface area contributed by atoms with E-state index in [1.165, 1.54) is 30.6 Å². The SMILES string of the molecule is Cc1nc(N)sc1C(=O)NCC(C)N1CCCCC1. The maximum absolute atomic E-state index is 12.1. The number of carbonyl (C=O) groups excluding carboxylic acids is 1. The van der Waals surface area contributed by atoms with Crippen molar-refractivity contribution in [1.29, 1.82) is 0 Å². The van der Waals surface area contributed by atoms with Gasteiger partial charge >= 0.3 is 0 Å². The number of thiazole rings is 1. The van der Waals surface area contributed by atoms with Gasteiger partial charge in [0.2, 0.25) is 0 Å². The Labute approximate surface area is 118 Å². The van der Waals surface area contributed by atoms with Crippen LogP contribution in [-0.4, -0.2) is 41.5 Å². The van der Waals surface area contributed by atoms with Crippen molar-refractivity contribution in [2.24, 2.45) is 0 Å². The van der Waals surface area contributed by atoms with Crippen LogP contribution in [0.3, 0.4) is 0 Å². The van der Waals surface area contributed by atoms with Gasteiger partial charge < -0.3 is 11.1 Å². The zero-order chi connectivity index (χ0) is 13.8. The lowest BCUT2D eigenvalue weighted by Gasteiger charge is -2.32. The number of hydrogen-bond acceptors (Lipinski definition) is 5. The van der Waals surface area contributed by atoms with Gasteiger partial charge in [-0.1, -0.05) is 17.8 Å². The molecule has 1 unspecified atom stereocenters. The van der Waals surface area contributed by atoms with E-state index < -0.39 is 0 Å². The lowest BCUT2D eigenvalue weighted by molar-refractivity contribution is 0.0933. The Kier molecular flexibility index (Phi) is 4.76. The normalized spacial score (nSPS) is 18.2. The summed E-state index contributed by atoms with van der Waals surface area (Å²) in [5, 5.41) is 3.44. The van der Waals surface area contributed by atoms with Gasteiger partial charge in [0.25, 0.3) is 5.91 Å². The molecule has 1 atom stereocenters. The van der Waals surface area contributed by atoms with Crippen molar-refractivity contribution in [2.75, 3.05) is 25.4 Å². The van der Waals surface area contributed by atoms with E-state index in [1.54, 1.807) is 0 Å². The van der Waals surface area contributed by atoms with E-state index in [0.717, 1.165) is 13.1 Å². The highest BCUT2D eigenvalue weighted by Gasteiger charge is 2.19. The fourth-order valence-electron chi connectivity index (χ4n) is 2.44. The first kappa shape index (κ1) is 14.3. The number of carbonyl (C=O) groups is 1. The smallest absolute Gasteiger partial charge is 0.263 e. The Morgan fingerprint density at radius 1 is 1.47 bits per heavy atom. The van der Waals surface area contributed by atoms with Gasteiger partial charge in [-0.25, -0.2) is 4.98 Å². The Morgan fingerprint density at radius 2 is 2.16 bits per heavy atom. The number of nitrogen functional groups attached to an aromatic ring is 1. The number of amides is 1. The number of nitrogens with one attached hydrogen (secondary N) is 1. The van der Waals surface area contributed by atoms with E-state index in [-0.39, 0.29) is 5.91 Å². The van der Waals surface area contributed by atoms with Crippen molar-refractivity contribution in [3.05, 3.63) is 10.6 Å². The zero-order valence-corrected chi connectivity index (χ0v) is 12.4. The summed E-state index contributed by atoms with van der Waals surface area (Å²) in [7, 11) is 0. The molecule has 0 aromatic carbocycles. The predicted molar refractivity (Wildman–Crippen MR) is 78.5 cm³/mol. The lowest BCUT2D eigenvalue weighted by Crippen LogP contribution is -2.44. The number of nitrogens with two attached hydrogens (primary N) is 1. The summed E-state index contributed by atoms with van der Waals surface area (Å²) in [5.41, 5.74) is 6.32. The van der Waals surface area contributed by atoms with E-state index in [2.05, 4.69) is 22.1 Å². The molecule has 2 heterocycles. The second-order valence-electron chi connectivity index (χ2n) is 5.12. The first-order valence-corrected chi connectivity index (χ1v) is 7.64. The van der Waals surface area contributed by atoms with Crippen LogP contribution < -0.4 is 11.1 Å². The van der Waals surface area contributed by atoms with Crippen LogP contribution in [0.15, 0.2) is 0 Å². The van der Waals surface area contributed by atoms with Gasteiger partial charge in [0.05, 0.1) is 5.69 Å². The largest absolute Gasteiger partial charge is 0.375 e. The maximum Gasteiger partial charge on any atom is 0.263 e. The summed E-state index contributed by atoms with van der Waals surface area (Å²) in [4.78, 5) is 19.2. The molecule has 5 nitrogen and oxygen atoms in total. The van der Waals surface area contributed by atoms with Gasteiger partial charge in [-0.05, 0) is 39.8 Å². The van der Waals surface area contributed by atoms with Crippen LogP contribution in [0.1, 0.15) is 41.6 Å². The molecular weight excluding hydrogens is 260 g/mol. The average molecular weight is 282 g/mol. The molecule has 1 aromatic rings. The van der Waals surface area contributed by atoms with Crippen molar-refractivity contribution in [1.82, 2.24) is 15.2 Å². The van der Waals surface area contributed by atoms with Gasteiger partial charge in [-0.15, -0.1) is 0 Å². The molecule has 0 saturated carbocycles. The summed E-state index contributed by atoms with van der Waals surface area (Å²) in [6.45, 7) is 6.94. The molecule has 1 amide bonds. The molecule has 1 aliphatic rings. The minimum Gasteiger partial charge on any atom is -0.375 e. The number of piperidine rings is 1. The van der Waals surface area contributed by atoms with Crippen LogP contribution in [0, 0.1) is 6.92 Å². The Balaban J connectivity index is 1.84. The first-order valence-electron chi connectivity index (χ1n) is 6.83. The van der Waals surface area contributed by atoms with Crippen molar-refractivity contribution in [2.45, 2.75) is 39.2 Å². The first-order chi connectivity index (χ1) is 9.08. The van der Waals surface area contributed by atoms with Crippen LogP contribution in [0.2, 0.25) is 0 Å². The summed E-state index contributed by atoms with van der Waals surface area (Å²) in [5.74, 6) is -0.0597. The lowest BCUT2D eigenvalue weighted by atomic mass is 10.1. The predicted octanol–water partition coefficient (Wildman–Crippen LogP) is 1.64. The van der Waals surface area contributed by atoms with Gasteiger partial charge in [0.1, 0.15) is 4.88 Å². The highest BCUT2D eigenvalue weighted by Crippen LogP contribution is 2.19. The molecule has 3 N–H and O–H groups in total. The van der Waals surface area contributed by atoms with Crippen molar-refractivity contribution in [3.63, 3.8) is 0 Å². The third kappa shape index (κ3) is 3.67. The van der Waals surface area contributed by atoms with E-state index in [4.69, 9.17) is 5.73 Å². The minimum atomic E-state index is -0.0597. The third-order valence-electron chi connectivity index (χ3n) is 3.59. The molecular formula is C13H22N4OS. The molecule has 0 spiro atoms. The zero-order valence-electron chi connectivity index (χ0n) is 11.6. The number of aromatic nitrogens is 1. The molecule has 1 aliphatic heterocycles. The molecule has 2 rings (SSSR count). The molecule has 6 heteroatoms. The van der Waals surface area contributed by atoms with Crippen molar-refractivity contribution < 1.29 is 4.79 Å². The van der Waals surface area contributed by atoms with Crippen LogP contribution in [-0.2, 0) is 0 Å². The maximum atomic E-state index is 12.1. The monoisotopic (exact) mass is 282 g/mol. The van der Waals surface area contributed by atoms with Gasteiger partial charge in [-0.3, -0.25) is 9.69 Å². The molecule has 19 heavy (non-hydrogen) atoms. The number of aryl methyl sites for hydroxylation is 1. The summed E-state index contributed by atoms with van der Waals surface area (Å²) in [6.07, 6.45) is 3.86. The summed E-state index contributed by atoms with van der Waals surface area (Å²) < 4.78 is 0. The summed E-state index contributed by atoms with van der Waals surface area (Å²) >= 11 is 1.25. The fourth-order valence-corrected chi connectivity index (χ4v) is 3.19. The molecule has 1 aromatic heterocycles. The average Bonchev–Trinajstić information content (AvgIpc) is 2.75. The van der Waals surface area contributed by atoms with E-state index >= 15 is 0 Å². The minimum absolute atomic E-state index is 0.0597. The van der Waals surface area contributed by atoms with Crippen molar-refractivity contribution in [3.8, 4) is 0 Å². The van der Waals surface area contributed by atoms with Gasteiger partial charge in [-0.2, -0.15) is 0 Å². The molecule has 106 valence electrons. The van der Waals surface area contributed by atoms with Crippen LogP contribution in [0.4, 0.5) is 5.13 Å². The van der Waals surface area contributed by atoms with E-state index in [0.29, 0.717) is 28.3 Å². The third-order valence-corrected chi connectivity index (χ3v) is 4.58. The van der Waals surface area contributed by atoms with E-state index in [1.807, 2.05) is 6.92 Å². The van der Waals surface area contributed by atoms with Gasteiger partial charge in [0.15, 0.2) is 5.13 Å². The number of anilines is 1. The standard InChI is InChI=1S/C13H22N4OS/c1-9(17-6-4-3-5-7-17)8-15-12(18)11-10(2)16-13(14)19-11/h9H,3-8H2,1-2H3,(H2,14,16)(H,15,18). The number of likely N-dealkylation sites (tertiary alicyclic amines) is 1. The quantitative estimate of drug-likeness (QED) is 0.880. The fraction of sp³-hybridized carbons (Fsp3) is 0.692. The number of nitrogens with zero attached hydrogens (tertiary/aromatic N) is 2. The molecule has 1 saturated heterocycles.